The zero-order valence-electron chi connectivity index (χ0n) is 9.78. The lowest BCUT2D eigenvalue weighted by molar-refractivity contribution is 0.313. The SMILES string of the molecule is c1nn(CCN2CCCC2)c2c1CNCC2. The summed E-state index contributed by atoms with van der Waals surface area (Å²) < 4.78 is 2.22. The van der Waals surface area contributed by atoms with Crippen LogP contribution in [-0.2, 0) is 19.5 Å². The van der Waals surface area contributed by atoms with Crippen LogP contribution in [0.1, 0.15) is 24.1 Å². The molecular weight excluding hydrogens is 200 g/mol. The van der Waals surface area contributed by atoms with Gasteiger partial charge in [0.15, 0.2) is 0 Å². The molecule has 0 bridgehead atoms. The van der Waals surface area contributed by atoms with Crippen molar-refractivity contribution in [3.8, 4) is 0 Å². The number of likely N-dealkylation sites (tertiary alicyclic amines) is 1. The number of rotatable bonds is 3. The Morgan fingerprint density at radius 1 is 1.25 bits per heavy atom. The van der Waals surface area contributed by atoms with Crippen LogP contribution < -0.4 is 5.32 Å². The van der Waals surface area contributed by atoms with Gasteiger partial charge in [0.05, 0.1) is 12.7 Å². The van der Waals surface area contributed by atoms with E-state index in [4.69, 9.17) is 0 Å². The molecule has 1 saturated heterocycles. The van der Waals surface area contributed by atoms with E-state index in [0.29, 0.717) is 0 Å². The van der Waals surface area contributed by atoms with E-state index in [9.17, 15) is 0 Å². The Morgan fingerprint density at radius 3 is 3.00 bits per heavy atom. The van der Waals surface area contributed by atoms with Crippen molar-refractivity contribution in [3.63, 3.8) is 0 Å². The maximum atomic E-state index is 4.51. The molecule has 0 amide bonds. The highest BCUT2D eigenvalue weighted by Gasteiger charge is 2.16. The average molecular weight is 220 g/mol. The predicted molar refractivity (Wildman–Crippen MR) is 63.3 cm³/mol. The summed E-state index contributed by atoms with van der Waals surface area (Å²) >= 11 is 0. The Balaban J connectivity index is 1.63. The molecule has 88 valence electrons. The number of aromatic nitrogens is 2. The number of nitrogens with one attached hydrogen (secondary N) is 1. The second kappa shape index (κ2) is 4.55. The Morgan fingerprint density at radius 2 is 2.12 bits per heavy atom. The topological polar surface area (TPSA) is 33.1 Å². The van der Waals surface area contributed by atoms with E-state index >= 15 is 0 Å². The van der Waals surface area contributed by atoms with Gasteiger partial charge in [0, 0.05) is 37.3 Å². The summed E-state index contributed by atoms with van der Waals surface area (Å²) in [6.07, 6.45) is 5.92. The largest absolute Gasteiger partial charge is 0.312 e. The van der Waals surface area contributed by atoms with Gasteiger partial charge < -0.3 is 10.2 Å². The van der Waals surface area contributed by atoms with Gasteiger partial charge in [0.1, 0.15) is 0 Å². The second-order valence-corrected chi connectivity index (χ2v) is 4.82. The molecule has 0 spiro atoms. The first-order valence-electron chi connectivity index (χ1n) is 6.40. The third kappa shape index (κ3) is 1.99. The van der Waals surface area contributed by atoms with Gasteiger partial charge in [-0.25, -0.2) is 0 Å². The summed E-state index contributed by atoms with van der Waals surface area (Å²) in [7, 11) is 0. The Bertz CT molecular complexity index is 352. The van der Waals surface area contributed by atoms with Crippen LogP contribution in [0, 0.1) is 0 Å². The highest BCUT2D eigenvalue weighted by molar-refractivity contribution is 5.20. The van der Waals surface area contributed by atoms with Crippen LogP contribution >= 0.6 is 0 Å². The monoisotopic (exact) mass is 220 g/mol. The summed E-state index contributed by atoms with van der Waals surface area (Å²) in [6.45, 7) is 6.90. The summed E-state index contributed by atoms with van der Waals surface area (Å²) in [5.74, 6) is 0. The quantitative estimate of drug-likeness (QED) is 0.811. The van der Waals surface area contributed by atoms with Gasteiger partial charge in [0.2, 0.25) is 0 Å². The molecule has 2 aliphatic rings. The third-order valence-electron chi connectivity index (χ3n) is 3.72. The molecule has 1 fully saturated rings. The number of hydrogen-bond acceptors (Lipinski definition) is 3. The van der Waals surface area contributed by atoms with Crippen molar-refractivity contribution in [1.82, 2.24) is 20.0 Å². The molecule has 0 radical (unpaired) electrons. The van der Waals surface area contributed by atoms with Gasteiger partial charge in [-0.05, 0) is 25.9 Å². The highest BCUT2D eigenvalue weighted by atomic mass is 15.3. The fourth-order valence-electron chi connectivity index (χ4n) is 2.75. The van der Waals surface area contributed by atoms with Crippen molar-refractivity contribution >= 4 is 0 Å². The van der Waals surface area contributed by atoms with Crippen molar-refractivity contribution in [1.29, 1.82) is 0 Å². The van der Waals surface area contributed by atoms with E-state index in [1.807, 2.05) is 6.20 Å². The molecule has 1 N–H and O–H groups in total. The molecule has 4 nitrogen and oxygen atoms in total. The fourth-order valence-corrected chi connectivity index (χ4v) is 2.75. The molecular formula is C12H20N4. The fraction of sp³-hybridized carbons (Fsp3) is 0.750. The summed E-state index contributed by atoms with van der Waals surface area (Å²) in [5.41, 5.74) is 2.85. The van der Waals surface area contributed by atoms with Crippen molar-refractivity contribution in [2.24, 2.45) is 0 Å². The maximum absolute atomic E-state index is 4.51. The van der Waals surface area contributed by atoms with E-state index in [0.717, 1.165) is 26.1 Å². The van der Waals surface area contributed by atoms with Gasteiger partial charge in [-0.2, -0.15) is 5.10 Å². The van der Waals surface area contributed by atoms with Gasteiger partial charge in [0.25, 0.3) is 0 Å². The van der Waals surface area contributed by atoms with E-state index in [1.54, 1.807) is 0 Å². The minimum absolute atomic E-state index is 0.999. The van der Waals surface area contributed by atoms with Gasteiger partial charge >= 0.3 is 0 Å². The normalized spacial score (nSPS) is 21.2. The van der Waals surface area contributed by atoms with E-state index in [-0.39, 0.29) is 0 Å². The van der Waals surface area contributed by atoms with Crippen LogP contribution in [0.25, 0.3) is 0 Å². The molecule has 1 aromatic heterocycles. The van der Waals surface area contributed by atoms with Crippen molar-refractivity contribution in [2.75, 3.05) is 26.2 Å². The first kappa shape index (κ1) is 10.3. The molecule has 4 heteroatoms. The lowest BCUT2D eigenvalue weighted by atomic mass is 10.1. The van der Waals surface area contributed by atoms with Crippen molar-refractivity contribution in [2.45, 2.75) is 32.4 Å². The molecule has 0 unspecified atom stereocenters. The summed E-state index contributed by atoms with van der Waals surface area (Å²) in [4.78, 5) is 2.55. The van der Waals surface area contributed by atoms with Crippen LogP contribution in [0.3, 0.4) is 0 Å². The molecule has 3 rings (SSSR count). The Hall–Kier alpha value is -0.870. The van der Waals surface area contributed by atoms with Crippen LogP contribution in [0.2, 0.25) is 0 Å². The highest BCUT2D eigenvalue weighted by Crippen LogP contribution is 2.13. The molecule has 0 aromatic carbocycles. The summed E-state index contributed by atoms with van der Waals surface area (Å²) in [5, 5.41) is 7.90. The zero-order valence-corrected chi connectivity index (χ0v) is 9.78. The lowest BCUT2D eigenvalue weighted by Gasteiger charge is -2.18. The van der Waals surface area contributed by atoms with Gasteiger partial charge in [-0.1, -0.05) is 0 Å². The molecule has 3 heterocycles. The van der Waals surface area contributed by atoms with Crippen LogP contribution in [0.4, 0.5) is 0 Å². The molecule has 1 aromatic rings. The van der Waals surface area contributed by atoms with Crippen molar-refractivity contribution < 1.29 is 0 Å². The summed E-state index contributed by atoms with van der Waals surface area (Å²) in [6, 6.07) is 0. The molecule has 0 saturated carbocycles. The maximum Gasteiger partial charge on any atom is 0.0539 e. The standard InChI is InChI=1S/C12H20N4/c1-2-6-15(5-1)7-8-16-12-3-4-13-9-11(12)10-14-16/h10,13H,1-9H2. The van der Waals surface area contributed by atoms with E-state index < -0.39 is 0 Å². The van der Waals surface area contributed by atoms with Crippen LogP contribution in [0.5, 0.6) is 0 Å². The molecule has 0 aliphatic carbocycles. The van der Waals surface area contributed by atoms with Crippen molar-refractivity contribution in [3.05, 3.63) is 17.5 Å². The van der Waals surface area contributed by atoms with E-state index in [1.165, 1.54) is 43.7 Å². The van der Waals surface area contributed by atoms with Gasteiger partial charge in [-0.15, -0.1) is 0 Å². The lowest BCUT2D eigenvalue weighted by Crippen LogP contribution is -2.28. The molecule has 2 aliphatic heterocycles. The smallest absolute Gasteiger partial charge is 0.0539 e. The third-order valence-corrected chi connectivity index (χ3v) is 3.72. The second-order valence-electron chi connectivity index (χ2n) is 4.82. The Kier molecular flexibility index (Phi) is 2.93. The van der Waals surface area contributed by atoms with Crippen LogP contribution in [-0.4, -0.2) is 40.9 Å². The molecule has 16 heavy (non-hydrogen) atoms. The average Bonchev–Trinajstić information content (AvgIpc) is 2.96. The minimum atomic E-state index is 0.999. The zero-order chi connectivity index (χ0) is 10.8. The minimum Gasteiger partial charge on any atom is -0.312 e. The Labute approximate surface area is 96.6 Å². The number of nitrogens with zero attached hydrogens (tertiary/aromatic N) is 3. The first-order valence-corrected chi connectivity index (χ1v) is 6.40. The van der Waals surface area contributed by atoms with Crippen LogP contribution in [0.15, 0.2) is 6.20 Å². The predicted octanol–water partition coefficient (Wildman–Crippen LogP) is 0.625. The number of fused-ring (bicyclic) bond motifs is 1. The first-order chi connectivity index (χ1) is 7.93. The number of hydrogen-bond donors (Lipinski definition) is 1. The van der Waals surface area contributed by atoms with E-state index in [2.05, 4.69) is 20.0 Å². The van der Waals surface area contributed by atoms with Gasteiger partial charge in [-0.3, -0.25) is 4.68 Å². The molecule has 0 atom stereocenters.